The van der Waals surface area contributed by atoms with Crippen molar-refractivity contribution in [2.45, 2.75) is 25.5 Å². The van der Waals surface area contributed by atoms with Crippen LogP contribution in [0.1, 0.15) is 22.8 Å². The van der Waals surface area contributed by atoms with Crippen molar-refractivity contribution in [3.63, 3.8) is 0 Å². The highest BCUT2D eigenvalue weighted by Gasteiger charge is 2.36. The van der Waals surface area contributed by atoms with E-state index in [1.807, 2.05) is 0 Å². The summed E-state index contributed by atoms with van der Waals surface area (Å²) in [7, 11) is 0. The van der Waals surface area contributed by atoms with E-state index in [4.69, 9.17) is 11.3 Å². The summed E-state index contributed by atoms with van der Waals surface area (Å²) in [5, 5.41) is 10.5. The van der Waals surface area contributed by atoms with Crippen LogP contribution in [0.15, 0.2) is 30.6 Å². The standard InChI is InChI=1S/C24H22F3N7O2/c1-14-17(3-4-19(25)24(14)28-2)22-11-32-5-6-33(10-16(32)12-36-22)23(35)9-18-20(26)7-15(8-21(18)27)34-13-29-30-31-34/h3-4,7-8,13,16,22H,5-6,9-12H2,1H3/t16-,22+/m1/s1. The van der Waals surface area contributed by atoms with E-state index in [-0.39, 0.29) is 35.0 Å². The van der Waals surface area contributed by atoms with E-state index in [0.717, 1.165) is 22.4 Å². The zero-order valence-electron chi connectivity index (χ0n) is 19.4. The summed E-state index contributed by atoms with van der Waals surface area (Å²) in [6, 6.07) is 5.04. The van der Waals surface area contributed by atoms with Gasteiger partial charge >= 0.3 is 0 Å². The number of aromatic nitrogens is 4. The van der Waals surface area contributed by atoms with Gasteiger partial charge in [0.2, 0.25) is 11.6 Å². The summed E-state index contributed by atoms with van der Waals surface area (Å²) >= 11 is 0. The molecule has 3 aromatic rings. The maximum absolute atomic E-state index is 14.7. The zero-order chi connectivity index (χ0) is 25.4. The number of tetrazole rings is 1. The van der Waals surface area contributed by atoms with Gasteiger partial charge in [-0.1, -0.05) is 6.07 Å². The highest BCUT2D eigenvalue weighted by atomic mass is 19.1. The van der Waals surface area contributed by atoms with Crippen LogP contribution < -0.4 is 0 Å². The smallest absolute Gasteiger partial charge is 0.227 e. The number of amides is 1. The number of halogens is 3. The summed E-state index contributed by atoms with van der Waals surface area (Å²) in [6.45, 7) is 11.2. The third kappa shape index (κ3) is 4.43. The number of piperazine rings is 1. The number of ether oxygens (including phenoxy) is 1. The Morgan fingerprint density at radius 1 is 1.17 bits per heavy atom. The van der Waals surface area contributed by atoms with E-state index in [9.17, 15) is 18.0 Å². The Morgan fingerprint density at radius 2 is 1.94 bits per heavy atom. The highest BCUT2D eigenvalue weighted by Crippen LogP contribution is 2.34. The molecule has 2 saturated heterocycles. The molecule has 186 valence electrons. The van der Waals surface area contributed by atoms with Gasteiger partial charge in [0.1, 0.15) is 23.8 Å². The van der Waals surface area contributed by atoms with Crippen LogP contribution in [-0.2, 0) is 16.0 Å². The van der Waals surface area contributed by atoms with Crippen molar-refractivity contribution in [1.29, 1.82) is 0 Å². The van der Waals surface area contributed by atoms with Gasteiger partial charge in [0, 0.05) is 43.9 Å². The molecule has 0 spiro atoms. The number of nitrogens with zero attached hydrogens (tertiary/aromatic N) is 7. The monoisotopic (exact) mass is 497 g/mol. The first-order valence-corrected chi connectivity index (χ1v) is 11.4. The van der Waals surface area contributed by atoms with E-state index in [1.54, 1.807) is 17.9 Å². The van der Waals surface area contributed by atoms with E-state index in [2.05, 4.69) is 25.3 Å². The lowest BCUT2D eigenvalue weighted by Crippen LogP contribution is -2.59. The number of carbonyl (C=O) groups is 1. The van der Waals surface area contributed by atoms with Crippen LogP contribution in [0.2, 0.25) is 0 Å². The Labute approximate surface area is 204 Å². The Balaban J connectivity index is 1.24. The molecule has 5 rings (SSSR count). The minimum Gasteiger partial charge on any atom is -0.371 e. The summed E-state index contributed by atoms with van der Waals surface area (Å²) in [6.07, 6.45) is 0.500. The Bertz CT molecular complexity index is 1320. The van der Waals surface area contributed by atoms with Crippen LogP contribution in [0.3, 0.4) is 0 Å². The first-order valence-electron chi connectivity index (χ1n) is 11.4. The fourth-order valence-electron chi connectivity index (χ4n) is 4.80. The van der Waals surface area contributed by atoms with Crippen molar-refractivity contribution in [1.82, 2.24) is 30.0 Å². The molecule has 1 aromatic heterocycles. The molecule has 0 bridgehead atoms. The van der Waals surface area contributed by atoms with Crippen LogP contribution in [0.5, 0.6) is 0 Å². The minimum absolute atomic E-state index is 0.000840. The van der Waals surface area contributed by atoms with Crippen LogP contribution in [0, 0.1) is 30.9 Å². The van der Waals surface area contributed by atoms with Gasteiger partial charge in [0.25, 0.3) is 0 Å². The Kier molecular flexibility index (Phi) is 6.42. The maximum Gasteiger partial charge on any atom is 0.227 e. The van der Waals surface area contributed by atoms with Crippen molar-refractivity contribution in [2.24, 2.45) is 0 Å². The molecule has 0 N–H and O–H groups in total. The average Bonchev–Trinajstić information content (AvgIpc) is 3.41. The molecule has 0 radical (unpaired) electrons. The largest absolute Gasteiger partial charge is 0.371 e. The minimum atomic E-state index is -0.843. The predicted molar refractivity (Wildman–Crippen MR) is 121 cm³/mol. The molecule has 2 fully saturated rings. The number of benzene rings is 2. The second-order valence-corrected chi connectivity index (χ2v) is 8.85. The summed E-state index contributed by atoms with van der Waals surface area (Å²) in [5.41, 5.74) is 1.15. The molecule has 9 nitrogen and oxygen atoms in total. The molecule has 2 aliphatic heterocycles. The normalized spacial score (nSPS) is 20.1. The average molecular weight is 497 g/mol. The SMILES string of the molecule is [C-]#[N+]c1c(F)ccc([C@@H]2CN3CCN(C(=O)Cc4c(F)cc(-n5cnnn5)cc4F)C[C@@H]3CO2)c1C. The first-order chi connectivity index (χ1) is 17.4. The number of morpholine rings is 1. The van der Waals surface area contributed by atoms with Gasteiger partial charge in [-0.05, 0) is 34.5 Å². The summed E-state index contributed by atoms with van der Waals surface area (Å²) in [5.74, 6) is -2.61. The predicted octanol–water partition coefficient (Wildman–Crippen LogP) is 2.77. The van der Waals surface area contributed by atoms with Crippen LogP contribution in [0.25, 0.3) is 10.5 Å². The molecule has 0 aliphatic carbocycles. The lowest BCUT2D eigenvalue weighted by atomic mass is 9.98. The van der Waals surface area contributed by atoms with Gasteiger partial charge in [-0.2, -0.15) is 0 Å². The van der Waals surface area contributed by atoms with E-state index < -0.39 is 23.9 Å². The lowest BCUT2D eigenvalue weighted by Gasteiger charge is -2.46. The fraction of sp³-hybridized carbons (Fsp3) is 0.375. The van der Waals surface area contributed by atoms with Gasteiger partial charge in [0.05, 0.1) is 37.4 Å². The fourth-order valence-corrected chi connectivity index (χ4v) is 4.80. The molecule has 1 amide bonds. The number of fused-ring (bicyclic) bond motifs is 1. The van der Waals surface area contributed by atoms with Gasteiger partial charge in [-0.3, -0.25) is 9.69 Å². The van der Waals surface area contributed by atoms with Crippen molar-refractivity contribution < 1.29 is 22.7 Å². The van der Waals surface area contributed by atoms with Crippen LogP contribution in [0.4, 0.5) is 18.9 Å². The second kappa shape index (κ2) is 9.67. The molecule has 12 heteroatoms. The molecule has 36 heavy (non-hydrogen) atoms. The molecule has 2 atom stereocenters. The van der Waals surface area contributed by atoms with Gasteiger partial charge in [-0.15, -0.1) is 5.10 Å². The second-order valence-electron chi connectivity index (χ2n) is 8.85. The van der Waals surface area contributed by atoms with Crippen LogP contribution >= 0.6 is 0 Å². The summed E-state index contributed by atoms with van der Waals surface area (Å²) < 4.78 is 50.4. The molecular formula is C24H22F3N7O2. The summed E-state index contributed by atoms with van der Waals surface area (Å²) in [4.78, 5) is 20.0. The van der Waals surface area contributed by atoms with Crippen molar-refractivity contribution in [2.75, 3.05) is 32.8 Å². The molecule has 3 heterocycles. The molecule has 2 aromatic carbocycles. The zero-order valence-corrected chi connectivity index (χ0v) is 19.4. The van der Waals surface area contributed by atoms with Gasteiger partial charge < -0.3 is 9.64 Å². The van der Waals surface area contributed by atoms with E-state index in [1.165, 1.54) is 12.4 Å². The number of hydrogen-bond donors (Lipinski definition) is 0. The van der Waals surface area contributed by atoms with Crippen LogP contribution in [-0.4, -0.2) is 74.7 Å². The quantitative estimate of drug-likeness (QED) is 0.516. The van der Waals surface area contributed by atoms with Crippen molar-refractivity contribution in [3.05, 3.63) is 76.2 Å². The number of hydrogen-bond acceptors (Lipinski definition) is 6. The highest BCUT2D eigenvalue weighted by molar-refractivity contribution is 5.79. The number of rotatable bonds is 4. The van der Waals surface area contributed by atoms with Gasteiger partial charge in [-0.25, -0.2) is 22.7 Å². The third-order valence-electron chi connectivity index (χ3n) is 6.80. The molecule has 0 unspecified atom stereocenters. The Morgan fingerprint density at radius 3 is 2.64 bits per heavy atom. The van der Waals surface area contributed by atoms with Crippen molar-refractivity contribution >= 4 is 11.6 Å². The van der Waals surface area contributed by atoms with E-state index >= 15 is 0 Å². The van der Waals surface area contributed by atoms with Crippen molar-refractivity contribution in [3.8, 4) is 5.69 Å². The molecular weight excluding hydrogens is 475 g/mol. The number of carbonyl (C=O) groups excluding carboxylic acids is 1. The Hall–Kier alpha value is -3.82. The van der Waals surface area contributed by atoms with E-state index in [0.29, 0.717) is 38.3 Å². The molecule has 0 saturated carbocycles. The van der Waals surface area contributed by atoms with Gasteiger partial charge in [0.15, 0.2) is 0 Å². The first kappa shape index (κ1) is 23.9. The third-order valence-corrected chi connectivity index (χ3v) is 6.80. The lowest BCUT2D eigenvalue weighted by molar-refractivity contribution is -0.139. The topological polar surface area (TPSA) is 80.7 Å². The maximum atomic E-state index is 14.7. The molecule has 2 aliphatic rings.